The van der Waals surface area contributed by atoms with Crippen LogP contribution in [0.5, 0.6) is 0 Å². The largest absolute Gasteiger partial charge is 0.299 e. The summed E-state index contributed by atoms with van der Waals surface area (Å²) >= 11 is 1.63. The summed E-state index contributed by atoms with van der Waals surface area (Å²) in [6, 6.07) is 8.04. The SMILES string of the molecule is CCCCCC(=O)Cc1nc2ccccc2s1. The Morgan fingerprint density at radius 2 is 2.12 bits per heavy atom. The van der Waals surface area contributed by atoms with Crippen molar-refractivity contribution in [1.29, 1.82) is 0 Å². The van der Waals surface area contributed by atoms with E-state index in [9.17, 15) is 4.79 Å². The second-order valence-electron chi connectivity index (χ2n) is 4.25. The number of carbonyl (C=O) groups is 1. The lowest BCUT2D eigenvalue weighted by atomic mass is 10.1. The molecule has 1 heterocycles. The van der Waals surface area contributed by atoms with Crippen LogP contribution in [0.15, 0.2) is 24.3 Å². The Balaban J connectivity index is 1.96. The van der Waals surface area contributed by atoms with Crippen LogP contribution in [0, 0.1) is 0 Å². The van der Waals surface area contributed by atoms with Gasteiger partial charge < -0.3 is 0 Å². The number of para-hydroxylation sites is 1. The van der Waals surface area contributed by atoms with Gasteiger partial charge in [0.2, 0.25) is 0 Å². The van der Waals surface area contributed by atoms with E-state index in [2.05, 4.69) is 18.0 Å². The number of rotatable bonds is 6. The van der Waals surface area contributed by atoms with Crippen LogP contribution in [0.2, 0.25) is 0 Å². The molecule has 0 aliphatic carbocycles. The van der Waals surface area contributed by atoms with Gasteiger partial charge in [-0.1, -0.05) is 31.9 Å². The second kappa shape index (κ2) is 5.92. The second-order valence-corrected chi connectivity index (χ2v) is 5.36. The van der Waals surface area contributed by atoms with Crippen LogP contribution in [0.4, 0.5) is 0 Å². The number of hydrogen-bond acceptors (Lipinski definition) is 3. The zero-order valence-corrected chi connectivity index (χ0v) is 10.9. The molecule has 0 saturated heterocycles. The molecule has 1 aromatic carbocycles. The lowest BCUT2D eigenvalue weighted by Crippen LogP contribution is -2.01. The van der Waals surface area contributed by atoms with Crippen molar-refractivity contribution < 1.29 is 4.79 Å². The Morgan fingerprint density at radius 3 is 2.88 bits per heavy atom. The zero-order valence-electron chi connectivity index (χ0n) is 10.1. The third-order valence-electron chi connectivity index (χ3n) is 2.75. The molecule has 1 aromatic heterocycles. The molecular weight excluding hydrogens is 230 g/mol. The van der Waals surface area contributed by atoms with Crippen LogP contribution < -0.4 is 0 Å². The normalized spacial score (nSPS) is 10.9. The van der Waals surface area contributed by atoms with Gasteiger partial charge >= 0.3 is 0 Å². The van der Waals surface area contributed by atoms with Gasteiger partial charge in [0.1, 0.15) is 10.8 Å². The lowest BCUT2D eigenvalue weighted by molar-refractivity contribution is -0.118. The Bertz CT molecular complexity index is 471. The van der Waals surface area contributed by atoms with Crippen molar-refractivity contribution in [2.75, 3.05) is 0 Å². The molecule has 0 radical (unpaired) electrons. The van der Waals surface area contributed by atoms with Gasteiger partial charge in [-0.2, -0.15) is 0 Å². The molecule has 2 rings (SSSR count). The molecule has 0 unspecified atom stereocenters. The van der Waals surface area contributed by atoms with E-state index in [1.807, 2.05) is 18.2 Å². The fourth-order valence-electron chi connectivity index (χ4n) is 1.82. The van der Waals surface area contributed by atoms with Gasteiger partial charge in [0.15, 0.2) is 0 Å². The molecule has 0 N–H and O–H groups in total. The minimum atomic E-state index is 0.317. The van der Waals surface area contributed by atoms with Gasteiger partial charge in [0.05, 0.1) is 16.6 Å². The minimum Gasteiger partial charge on any atom is -0.299 e. The minimum absolute atomic E-state index is 0.317. The Morgan fingerprint density at radius 1 is 1.29 bits per heavy atom. The highest BCUT2D eigenvalue weighted by atomic mass is 32.1. The monoisotopic (exact) mass is 247 g/mol. The molecule has 0 spiro atoms. The summed E-state index contributed by atoms with van der Waals surface area (Å²) in [5.74, 6) is 0.317. The van der Waals surface area contributed by atoms with Crippen molar-refractivity contribution in [3.05, 3.63) is 29.3 Å². The number of nitrogens with zero attached hydrogens (tertiary/aromatic N) is 1. The van der Waals surface area contributed by atoms with Gasteiger partial charge in [-0.25, -0.2) is 4.98 Å². The fourth-order valence-corrected chi connectivity index (χ4v) is 2.82. The number of fused-ring (bicyclic) bond motifs is 1. The molecular formula is C14H17NOS. The quantitative estimate of drug-likeness (QED) is 0.722. The number of benzene rings is 1. The predicted octanol–water partition coefficient (Wildman–Crippen LogP) is 3.99. The number of carbonyl (C=O) groups excluding carboxylic acids is 1. The maximum Gasteiger partial charge on any atom is 0.139 e. The molecule has 2 aromatic rings. The predicted molar refractivity (Wildman–Crippen MR) is 72.5 cm³/mol. The maximum atomic E-state index is 11.7. The average Bonchev–Trinajstić information content (AvgIpc) is 2.71. The number of ketones is 1. The van der Waals surface area contributed by atoms with Crippen LogP contribution in [0.1, 0.15) is 37.6 Å². The number of unbranched alkanes of at least 4 members (excludes halogenated alkanes) is 2. The summed E-state index contributed by atoms with van der Waals surface area (Å²) in [6.07, 6.45) is 4.52. The van der Waals surface area contributed by atoms with Crippen LogP contribution >= 0.6 is 11.3 Å². The highest BCUT2D eigenvalue weighted by Gasteiger charge is 2.08. The van der Waals surface area contributed by atoms with E-state index >= 15 is 0 Å². The molecule has 0 amide bonds. The van der Waals surface area contributed by atoms with E-state index in [4.69, 9.17) is 0 Å². The summed E-state index contributed by atoms with van der Waals surface area (Å²) in [5.41, 5.74) is 1.01. The summed E-state index contributed by atoms with van der Waals surface area (Å²) < 4.78 is 1.17. The van der Waals surface area contributed by atoms with Crippen molar-refractivity contribution >= 4 is 27.3 Å². The van der Waals surface area contributed by atoms with Crippen LogP contribution in [0.3, 0.4) is 0 Å². The topological polar surface area (TPSA) is 30.0 Å². The van der Waals surface area contributed by atoms with Gasteiger partial charge in [-0.15, -0.1) is 11.3 Å². The highest BCUT2D eigenvalue weighted by molar-refractivity contribution is 7.18. The van der Waals surface area contributed by atoms with Crippen LogP contribution in [-0.4, -0.2) is 10.8 Å². The van der Waals surface area contributed by atoms with Crippen molar-refractivity contribution in [2.45, 2.75) is 39.0 Å². The third-order valence-corrected chi connectivity index (χ3v) is 3.78. The smallest absolute Gasteiger partial charge is 0.139 e. The van der Waals surface area contributed by atoms with E-state index in [0.29, 0.717) is 18.6 Å². The highest BCUT2D eigenvalue weighted by Crippen LogP contribution is 2.22. The van der Waals surface area contributed by atoms with Gasteiger partial charge in [0.25, 0.3) is 0 Å². The van der Waals surface area contributed by atoms with Gasteiger partial charge in [-0.05, 0) is 18.6 Å². The van der Waals surface area contributed by atoms with Crippen molar-refractivity contribution in [3.8, 4) is 0 Å². The first kappa shape index (κ1) is 12.2. The summed E-state index contributed by atoms with van der Waals surface area (Å²) in [5, 5.41) is 0.952. The molecule has 0 bridgehead atoms. The molecule has 0 aliphatic heterocycles. The summed E-state index contributed by atoms with van der Waals surface area (Å²) in [4.78, 5) is 16.2. The number of aromatic nitrogens is 1. The van der Waals surface area contributed by atoms with E-state index in [1.165, 1.54) is 4.70 Å². The van der Waals surface area contributed by atoms with E-state index in [0.717, 1.165) is 29.8 Å². The fraction of sp³-hybridized carbons (Fsp3) is 0.429. The average molecular weight is 247 g/mol. The molecule has 3 heteroatoms. The van der Waals surface area contributed by atoms with Gasteiger partial charge in [-0.3, -0.25) is 4.79 Å². The first-order valence-electron chi connectivity index (χ1n) is 6.15. The maximum absolute atomic E-state index is 11.7. The molecule has 90 valence electrons. The zero-order chi connectivity index (χ0) is 12.1. The lowest BCUT2D eigenvalue weighted by Gasteiger charge is -1.96. The van der Waals surface area contributed by atoms with E-state index < -0.39 is 0 Å². The summed E-state index contributed by atoms with van der Waals surface area (Å²) in [7, 11) is 0. The van der Waals surface area contributed by atoms with Gasteiger partial charge in [0, 0.05) is 6.42 Å². The summed E-state index contributed by atoms with van der Waals surface area (Å²) in [6.45, 7) is 2.15. The molecule has 2 nitrogen and oxygen atoms in total. The third kappa shape index (κ3) is 3.37. The van der Waals surface area contributed by atoms with Crippen molar-refractivity contribution in [1.82, 2.24) is 4.98 Å². The first-order chi connectivity index (χ1) is 8.29. The molecule has 0 fully saturated rings. The van der Waals surface area contributed by atoms with E-state index in [1.54, 1.807) is 11.3 Å². The van der Waals surface area contributed by atoms with E-state index in [-0.39, 0.29) is 0 Å². The van der Waals surface area contributed by atoms with Crippen LogP contribution in [0.25, 0.3) is 10.2 Å². The molecule has 17 heavy (non-hydrogen) atoms. The molecule has 0 aliphatic rings. The Kier molecular flexibility index (Phi) is 4.26. The standard InChI is InChI=1S/C14H17NOS/c1-2-3-4-7-11(16)10-14-15-12-8-5-6-9-13(12)17-14/h5-6,8-9H,2-4,7,10H2,1H3. The Hall–Kier alpha value is -1.22. The van der Waals surface area contributed by atoms with Crippen LogP contribution in [-0.2, 0) is 11.2 Å². The van der Waals surface area contributed by atoms with Crippen molar-refractivity contribution in [3.63, 3.8) is 0 Å². The Labute approximate surface area is 106 Å². The van der Waals surface area contributed by atoms with Crippen molar-refractivity contribution in [2.24, 2.45) is 0 Å². The molecule has 0 saturated carbocycles. The number of Topliss-reactive ketones (excluding diaryl/α,β-unsaturated/α-hetero) is 1. The first-order valence-corrected chi connectivity index (χ1v) is 6.97. The number of thiazole rings is 1. The number of hydrogen-bond donors (Lipinski definition) is 0. The molecule has 0 atom stereocenters.